The highest BCUT2D eigenvalue weighted by Crippen LogP contribution is 2.35. The SMILES string of the molecule is C[C@H]1CCCc2ncc([C@@H](CC(=O)N3CCOCC3)c3cccc(F)c3)n21. The molecule has 27 heavy (non-hydrogen) atoms. The molecule has 0 aliphatic carbocycles. The van der Waals surface area contributed by atoms with Crippen LogP contribution >= 0.6 is 0 Å². The summed E-state index contributed by atoms with van der Waals surface area (Å²) in [6.07, 6.45) is 5.40. The summed E-state index contributed by atoms with van der Waals surface area (Å²) in [4.78, 5) is 19.4. The molecule has 144 valence electrons. The van der Waals surface area contributed by atoms with E-state index in [1.54, 1.807) is 12.1 Å². The van der Waals surface area contributed by atoms with E-state index in [1.807, 2.05) is 17.2 Å². The normalized spacial score (nSPS) is 21.0. The van der Waals surface area contributed by atoms with Crippen LogP contribution in [0, 0.1) is 5.82 Å². The number of aryl methyl sites for hydroxylation is 1. The first-order chi connectivity index (χ1) is 13.1. The van der Waals surface area contributed by atoms with Crippen LogP contribution in [0.2, 0.25) is 0 Å². The van der Waals surface area contributed by atoms with Crippen LogP contribution in [0.5, 0.6) is 0 Å². The third kappa shape index (κ3) is 3.76. The summed E-state index contributed by atoms with van der Waals surface area (Å²) in [6, 6.07) is 6.96. The summed E-state index contributed by atoms with van der Waals surface area (Å²) < 4.78 is 21.6. The number of halogens is 1. The number of carbonyl (C=O) groups is 1. The smallest absolute Gasteiger partial charge is 0.223 e. The second-order valence-electron chi connectivity index (χ2n) is 7.52. The fourth-order valence-electron chi connectivity index (χ4n) is 4.28. The van der Waals surface area contributed by atoms with E-state index in [1.165, 1.54) is 6.07 Å². The number of imidazole rings is 1. The Morgan fingerprint density at radius 3 is 2.96 bits per heavy atom. The van der Waals surface area contributed by atoms with Crippen molar-refractivity contribution in [2.75, 3.05) is 26.3 Å². The van der Waals surface area contributed by atoms with Crippen LogP contribution in [-0.4, -0.2) is 46.7 Å². The lowest BCUT2D eigenvalue weighted by atomic mass is 9.91. The van der Waals surface area contributed by atoms with Crippen molar-refractivity contribution in [3.05, 3.63) is 53.4 Å². The van der Waals surface area contributed by atoms with Gasteiger partial charge in [-0.05, 0) is 37.5 Å². The molecule has 3 heterocycles. The molecule has 0 N–H and O–H groups in total. The lowest BCUT2D eigenvalue weighted by molar-refractivity contribution is -0.135. The Kier molecular flexibility index (Phi) is 5.25. The van der Waals surface area contributed by atoms with Crippen LogP contribution in [0.15, 0.2) is 30.5 Å². The van der Waals surface area contributed by atoms with Crippen LogP contribution in [0.3, 0.4) is 0 Å². The van der Waals surface area contributed by atoms with E-state index in [4.69, 9.17) is 4.74 Å². The first-order valence-corrected chi connectivity index (χ1v) is 9.80. The van der Waals surface area contributed by atoms with Crippen LogP contribution in [0.25, 0.3) is 0 Å². The second kappa shape index (κ2) is 7.80. The zero-order valence-electron chi connectivity index (χ0n) is 15.7. The zero-order valence-corrected chi connectivity index (χ0v) is 15.7. The van der Waals surface area contributed by atoms with Crippen molar-refractivity contribution in [1.82, 2.24) is 14.5 Å². The maximum absolute atomic E-state index is 13.9. The molecule has 1 saturated heterocycles. The van der Waals surface area contributed by atoms with Crippen molar-refractivity contribution >= 4 is 5.91 Å². The number of benzene rings is 1. The number of nitrogens with zero attached hydrogens (tertiary/aromatic N) is 3. The van der Waals surface area contributed by atoms with Gasteiger partial charge in [0, 0.05) is 49.8 Å². The summed E-state index contributed by atoms with van der Waals surface area (Å²) in [5, 5.41) is 0. The standard InChI is InChI=1S/C21H26FN3O2/c1-15-4-2-7-20-23-14-19(25(15)20)18(16-5-3-6-17(22)12-16)13-21(26)24-8-10-27-11-9-24/h3,5-6,12,14-15,18H,2,4,7-11,13H2,1H3/t15-,18-/m0/s1. The van der Waals surface area contributed by atoms with E-state index in [2.05, 4.69) is 16.5 Å². The Morgan fingerprint density at radius 1 is 1.37 bits per heavy atom. The van der Waals surface area contributed by atoms with E-state index in [0.29, 0.717) is 38.8 Å². The first-order valence-electron chi connectivity index (χ1n) is 9.80. The van der Waals surface area contributed by atoms with Gasteiger partial charge in [-0.3, -0.25) is 4.79 Å². The van der Waals surface area contributed by atoms with Gasteiger partial charge in [0.1, 0.15) is 11.6 Å². The van der Waals surface area contributed by atoms with E-state index in [-0.39, 0.29) is 17.6 Å². The van der Waals surface area contributed by atoms with Gasteiger partial charge < -0.3 is 14.2 Å². The van der Waals surface area contributed by atoms with Crippen molar-refractivity contribution in [3.8, 4) is 0 Å². The number of aromatic nitrogens is 2. The van der Waals surface area contributed by atoms with E-state index in [9.17, 15) is 9.18 Å². The van der Waals surface area contributed by atoms with Crippen molar-refractivity contribution in [3.63, 3.8) is 0 Å². The topological polar surface area (TPSA) is 47.4 Å². The molecule has 1 amide bonds. The monoisotopic (exact) mass is 371 g/mol. The minimum atomic E-state index is -0.275. The number of rotatable bonds is 4. The summed E-state index contributed by atoms with van der Waals surface area (Å²) in [6.45, 7) is 4.59. The Balaban J connectivity index is 1.69. The summed E-state index contributed by atoms with van der Waals surface area (Å²) in [7, 11) is 0. The number of ether oxygens (including phenoxy) is 1. The molecule has 0 unspecified atom stereocenters. The minimum Gasteiger partial charge on any atom is -0.378 e. The maximum Gasteiger partial charge on any atom is 0.223 e. The van der Waals surface area contributed by atoms with Gasteiger partial charge in [-0.15, -0.1) is 0 Å². The van der Waals surface area contributed by atoms with Gasteiger partial charge in [0.2, 0.25) is 5.91 Å². The van der Waals surface area contributed by atoms with Gasteiger partial charge in [-0.2, -0.15) is 0 Å². The highest BCUT2D eigenvalue weighted by molar-refractivity contribution is 5.77. The molecule has 1 fully saturated rings. The molecule has 1 aromatic heterocycles. The molecule has 0 bridgehead atoms. The minimum absolute atomic E-state index is 0.0894. The Hall–Kier alpha value is -2.21. The summed E-state index contributed by atoms with van der Waals surface area (Å²) in [5.41, 5.74) is 1.85. The van der Waals surface area contributed by atoms with Crippen LogP contribution < -0.4 is 0 Å². The number of amides is 1. The molecular weight excluding hydrogens is 345 g/mol. The van der Waals surface area contributed by atoms with Gasteiger partial charge in [-0.25, -0.2) is 9.37 Å². The molecular formula is C21H26FN3O2. The number of carbonyl (C=O) groups excluding carboxylic acids is 1. The predicted molar refractivity (Wildman–Crippen MR) is 100 cm³/mol. The van der Waals surface area contributed by atoms with Gasteiger partial charge in [0.05, 0.1) is 13.2 Å². The van der Waals surface area contributed by atoms with Crippen molar-refractivity contribution in [2.45, 2.75) is 44.6 Å². The van der Waals surface area contributed by atoms with Gasteiger partial charge in [-0.1, -0.05) is 12.1 Å². The molecule has 6 heteroatoms. The second-order valence-corrected chi connectivity index (χ2v) is 7.52. The number of morpholine rings is 1. The predicted octanol–water partition coefficient (Wildman–Crippen LogP) is 3.30. The number of hydrogen-bond donors (Lipinski definition) is 0. The molecule has 4 rings (SSSR count). The zero-order chi connectivity index (χ0) is 18.8. The molecule has 0 saturated carbocycles. The molecule has 2 atom stereocenters. The first kappa shape index (κ1) is 18.2. The molecule has 1 aromatic carbocycles. The average molecular weight is 371 g/mol. The average Bonchev–Trinajstić information content (AvgIpc) is 3.12. The molecule has 2 aliphatic rings. The number of fused-ring (bicyclic) bond motifs is 1. The fourth-order valence-corrected chi connectivity index (χ4v) is 4.28. The molecule has 2 aliphatic heterocycles. The van der Waals surface area contributed by atoms with Crippen molar-refractivity contribution < 1.29 is 13.9 Å². The lowest BCUT2D eigenvalue weighted by Gasteiger charge is -2.30. The summed E-state index contributed by atoms with van der Waals surface area (Å²) >= 11 is 0. The lowest BCUT2D eigenvalue weighted by Crippen LogP contribution is -2.41. The van der Waals surface area contributed by atoms with Crippen molar-refractivity contribution in [1.29, 1.82) is 0 Å². The van der Waals surface area contributed by atoms with Crippen LogP contribution in [0.1, 0.15) is 55.2 Å². The van der Waals surface area contributed by atoms with Gasteiger partial charge in [0.25, 0.3) is 0 Å². The summed E-state index contributed by atoms with van der Waals surface area (Å²) in [5.74, 6) is 0.691. The third-order valence-corrected chi connectivity index (χ3v) is 5.72. The molecule has 5 nitrogen and oxygen atoms in total. The number of hydrogen-bond acceptors (Lipinski definition) is 3. The Morgan fingerprint density at radius 2 is 2.19 bits per heavy atom. The van der Waals surface area contributed by atoms with Crippen LogP contribution in [-0.2, 0) is 16.0 Å². The van der Waals surface area contributed by atoms with Gasteiger partial charge >= 0.3 is 0 Å². The largest absolute Gasteiger partial charge is 0.378 e. The highest BCUT2D eigenvalue weighted by Gasteiger charge is 2.29. The van der Waals surface area contributed by atoms with E-state index < -0.39 is 0 Å². The van der Waals surface area contributed by atoms with E-state index in [0.717, 1.165) is 36.3 Å². The Bertz CT molecular complexity index is 814. The third-order valence-electron chi connectivity index (χ3n) is 5.72. The molecule has 0 spiro atoms. The van der Waals surface area contributed by atoms with E-state index >= 15 is 0 Å². The molecule has 2 aromatic rings. The fraction of sp³-hybridized carbons (Fsp3) is 0.524. The van der Waals surface area contributed by atoms with Crippen molar-refractivity contribution in [2.24, 2.45) is 0 Å². The maximum atomic E-state index is 13.9. The quantitative estimate of drug-likeness (QED) is 0.829. The van der Waals surface area contributed by atoms with Crippen LogP contribution in [0.4, 0.5) is 4.39 Å². The highest BCUT2D eigenvalue weighted by atomic mass is 19.1. The molecule has 0 radical (unpaired) electrons. The Labute approximate surface area is 159 Å². The van der Waals surface area contributed by atoms with Gasteiger partial charge in [0.15, 0.2) is 0 Å².